The van der Waals surface area contributed by atoms with Crippen molar-refractivity contribution in [1.82, 2.24) is 20.1 Å². The number of benzene rings is 2. The highest BCUT2D eigenvalue weighted by atomic mass is 35.5. The van der Waals surface area contributed by atoms with Gasteiger partial charge in [0, 0.05) is 24.5 Å². The van der Waals surface area contributed by atoms with Crippen LogP contribution < -0.4 is 5.32 Å². The molecule has 1 fully saturated rings. The van der Waals surface area contributed by atoms with Crippen molar-refractivity contribution in [2.45, 2.75) is 18.8 Å². The predicted octanol–water partition coefficient (Wildman–Crippen LogP) is 4.61. The summed E-state index contributed by atoms with van der Waals surface area (Å²) in [7, 11) is 1.88. The Hall–Kier alpha value is -2.46. The second kappa shape index (κ2) is 7.51. The number of nitrogens with one attached hydrogen (secondary N) is 1. The fraction of sp³-hybridized carbons (Fsp3) is 0.286. The molecule has 1 N–H and O–H groups in total. The summed E-state index contributed by atoms with van der Waals surface area (Å²) < 4.78 is 2.97. The number of piperidine rings is 1. The lowest BCUT2D eigenvalue weighted by Gasteiger charge is -2.20. The largest absolute Gasteiger partial charge is 0.317 e. The van der Waals surface area contributed by atoms with Crippen LogP contribution in [0, 0.1) is 11.3 Å². The van der Waals surface area contributed by atoms with Crippen LogP contribution >= 0.6 is 23.7 Å². The van der Waals surface area contributed by atoms with E-state index in [0.29, 0.717) is 11.5 Å². The molecule has 3 heterocycles. The van der Waals surface area contributed by atoms with E-state index in [1.54, 1.807) is 4.68 Å². The van der Waals surface area contributed by atoms with Gasteiger partial charge in [0.25, 0.3) is 0 Å². The van der Waals surface area contributed by atoms with Gasteiger partial charge in [-0.05, 0) is 61.3 Å². The second-order valence-electron chi connectivity index (χ2n) is 7.14. The second-order valence-corrected chi connectivity index (χ2v) is 8.20. The Morgan fingerprint density at radius 2 is 2.00 bits per heavy atom. The number of hydrogen-bond acceptors (Lipinski definition) is 5. The molecule has 2 aromatic heterocycles. The SMILES string of the molecule is Cl.Cn1cc2cc(-c3ccc4nc(C5CCNCC5)sc4c3)cc(C#N)c2n1. The first-order chi connectivity index (χ1) is 13.2. The lowest BCUT2D eigenvalue weighted by atomic mass is 9.99. The van der Waals surface area contributed by atoms with Crippen molar-refractivity contribution in [2.24, 2.45) is 7.05 Å². The molecule has 0 amide bonds. The maximum Gasteiger partial charge on any atom is 0.110 e. The number of halogens is 1. The van der Waals surface area contributed by atoms with Gasteiger partial charge in [0.1, 0.15) is 11.6 Å². The highest BCUT2D eigenvalue weighted by Gasteiger charge is 2.19. The molecule has 0 radical (unpaired) electrons. The van der Waals surface area contributed by atoms with Gasteiger partial charge >= 0.3 is 0 Å². The van der Waals surface area contributed by atoms with Crippen molar-refractivity contribution in [1.29, 1.82) is 5.26 Å². The number of aryl methyl sites for hydroxylation is 1. The number of nitrogens with zero attached hydrogens (tertiary/aromatic N) is 4. The maximum atomic E-state index is 9.52. The van der Waals surface area contributed by atoms with Gasteiger partial charge in [-0.3, -0.25) is 4.68 Å². The molecule has 0 saturated carbocycles. The molecular weight excluding hydrogens is 390 g/mol. The lowest BCUT2D eigenvalue weighted by molar-refractivity contribution is 0.459. The Kier molecular flexibility index (Phi) is 5.07. The Balaban J connectivity index is 0.00000192. The van der Waals surface area contributed by atoms with Gasteiger partial charge in [0.15, 0.2) is 0 Å². The third-order valence-electron chi connectivity index (χ3n) is 5.27. The molecule has 1 aliphatic rings. The molecule has 1 saturated heterocycles. The molecule has 2 aromatic carbocycles. The summed E-state index contributed by atoms with van der Waals surface area (Å²) in [4.78, 5) is 4.88. The Labute approximate surface area is 173 Å². The molecule has 4 aromatic rings. The average molecular weight is 410 g/mol. The van der Waals surface area contributed by atoms with Crippen LogP contribution in [0.5, 0.6) is 0 Å². The zero-order valence-electron chi connectivity index (χ0n) is 15.5. The normalized spacial score (nSPS) is 14.9. The molecule has 0 atom stereocenters. The smallest absolute Gasteiger partial charge is 0.110 e. The third-order valence-corrected chi connectivity index (χ3v) is 6.45. The fourth-order valence-electron chi connectivity index (χ4n) is 3.87. The van der Waals surface area contributed by atoms with E-state index < -0.39 is 0 Å². The fourth-order valence-corrected chi connectivity index (χ4v) is 5.05. The van der Waals surface area contributed by atoms with Crippen LogP contribution in [0.4, 0.5) is 0 Å². The summed E-state index contributed by atoms with van der Waals surface area (Å²) in [6.07, 6.45) is 4.28. The lowest BCUT2D eigenvalue weighted by Crippen LogP contribution is -2.26. The number of hydrogen-bond donors (Lipinski definition) is 1. The van der Waals surface area contributed by atoms with E-state index in [0.717, 1.165) is 53.5 Å². The van der Waals surface area contributed by atoms with Gasteiger partial charge in [-0.25, -0.2) is 4.98 Å². The first-order valence-corrected chi connectivity index (χ1v) is 10.0. The van der Waals surface area contributed by atoms with Crippen molar-refractivity contribution >= 4 is 44.9 Å². The van der Waals surface area contributed by atoms with Gasteiger partial charge in [-0.15, -0.1) is 23.7 Å². The highest BCUT2D eigenvalue weighted by Crippen LogP contribution is 2.35. The molecule has 0 unspecified atom stereocenters. The van der Waals surface area contributed by atoms with Crippen LogP contribution in [0.15, 0.2) is 36.5 Å². The number of rotatable bonds is 2. The van der Waals surface area contributed by atoms with Crippen molar-refractivity contribution < 1.29 is 0 Å². The van der Waals surface area contributed by atoms with E-state index in [9.17, 15) is 5.26 Å². The van der Waals surface area contributed by atoms with Gasteiger partial charge in [0.2, 0.25) is 0 Å². The molecule has 0 aliphatic carbocycles. The first-order valence-electron chi connectivity index (χ1n) is 9.20. The van der Waals surface area contributed by atoms with Crippen molar-refractivity contribution in [3.63, 3.8) is 0 Å². The Morgan fingerprint density at radius 1 is 1.18 bits per heavy atom. The molecule has 5 nitrogen and oxygen atoms in total. The van der Waals surface area contributed by atoms with Crippen molar-refractivity contribution in [3.8, 4) is 17.2 Å². The van der Waals surface area contributed by atoms with E-state index in [1.165, 1.54) is 9.71 Å². The Morgan fingerprint density at radius 3 is 2.79 bits per heavy atom. The van der Waals surface area contributed by atoms with Crippen LogP contribution in [-0.2, 0) is 7.05 Å². The van der Waals surface area contributed by atoms with Gasteiger partial charge in [0.05, 0.1) is 20.8 Å². The van der Waals surface area contributed by atoms with Gasteiger partial charge < -0.3 is 5.32 Å². The predicted molar refractivity (Wildman–Crippen MR) is 116 cm³/mol. The van der Waals surface area contributed by atoms with Crippen LogP contribution in [0.2, 0.25) is 0 Å². The highest BCUT2D eigenvalue weighted by molar-refractivity contribution is 7.18. The van der Waals surface area contributed by atoms with Gasteiger partial charge in [-0.2, -0.15) is 10.4 Å². The van der Waals surface area contributed by atoms with E-state index in [1.807, 2.05) is 30.6 Å². The molecule has 142 valence electrons. The first kappa shape index (κ1) is 18.9. The summed E-state index contributed by atoms with van der Waals surface area (Å²) in [5, 5.41) is 19.6. The molecule has 0 spiro atoms. The molecule has 1 aliphatic heterocycles. The molecule has 0 bridgehead atoms. The monoisotopic (exact) mass is 409 g/mol. The molecule has 28 heavy (non-hydrogen) atoms. The minimum atomic E-state index is 0. The van der Waals surface area contributed by atoms with Crippen LogP contribution in [-0.4, -0.2) is 27.9 Å². The minimum Gasteiger partial charge on any atom is -0.317 e. The zero-order chi connectivity index (χ0) is 18.4. The van der Waals surface area contributed by atoms with Crippen LogP contribution in [0.25, 0.3) is 32.2 Å². The number of aromatic nitrogens is 3. The van der Waals surface area contributed by atoms with E-state index in [-0.39, 0.29) is 12.4 Å². The van der Waals surface area contributed by atoms with Crippen LogP contribution in [0.1, 0.15) is 29.3 Å². The molecular formula is C21H20ClN5S. The Bertz CT molecular complexity index is 1200. The summed E-state index contributed by atoms with van der Waals surface area (Å²) in [6, 6.07) is 12.7. The third kappa shape index (κ3) is 3.26. The summed E-state index contributed by atoms with van der Waals surface area (Å²) in [5.41, 5.74) is 4.61. The van der Waals surface area contributed by atoms with Crippen molar-refractivity contribution in [2.75, 3.05) is 13.1 Å². The van der Waals surface area contributed by atoms with Gasteiger partial charge in [-0.1, -0.05) is 6.07 Å². The minimum absolute atomic E-state index is 0. The maximum absolute atomic E-state index is 9.52. The van der Waals surface area contributed by atoms with E-state index in [4.69, 9.17) is 4.98 Å². The van der Waals surface area contributed by atoms with Crippen LogP contribution in [0.3, 0.4) is 0 Å². The van der Waals surface area contributed by atoms with E-state index >= 15 is 0 Å². The summed E-state index contributed by atoms with van der Waals surface area (Å²) in [6.45, 7) is 2.15. The molecule has 5 rings (SSSR count). The van der Waals surface area contributed by atoms with E-state index in [2.05, 4.69) is 40.8 Å². The number of thiazole rings is 1. The summed E-state index contributed by atoms with van der Waals surface area (Å²) in [5.74, 6) is 0.573. The van der Waals surface area contributed by atoms with Crippen molar-refractivity contribution in [3.05, 3.63) is 47.1 Å². The molecule has 7 heteroatoms. The zero-order valence-corrected chi connectivity index (χ0v) is 17.1. The average Bonchev–Trinajstić information content (AvgIpc) is 3.29. The number of fused-ring (bicyclic) bond motifs is 2. The topological polar surface area (TPSA) is 66.5 Å². The number of nitriles is 1. The summed E-state index contributed by atoms with van der Waals surface area (Å²) >= 11 is 1.81. The standard InChI is InChI=1S/C21H19N5S.ClH/c1-26-12-17-9-15(8-16(11-22)20(17)25-26)14-2-3-18-19(10-14)27-21(24-18)13-4-6-23-7-5-13;/h2-3,8-10,12-13,23H,4-7H2,1H3;1H. The quantitative estimate of drug-likeness (QED) is 0.525.